The van der Waals surface area contributed by atoms with E-state index in [0.29, 0.717) is 18.5 Å². The Hall–Kier alpha value is -2.24. The van der Waals surface area contributed by atoms with Gasteiger partial charge in [0.2, 0.25) is 0 Å². The summed E-state index contributed by atoms with van der Waals surface area (Å²) in [5, 5.41) is 14.5. The zero-order chi connectivity index (χ0) is 15.5. The number of methoxy groups -OCH3 is 1. The normalized spacial score (nSPS) is 15.7. The molecule has 0 radical (unpaired) electrons. The van der Waals surface area contributed by atoms with Crippen LogP contribution in [0.4, 0.5) is 10.5 Å². The van der Waals surface area contributed by atoms with Gasteiger partial charge in [0, 0.05) is 5.69 Å². The molecule has 0 spiro atoms. The Bertz CT molecular complexity index is 553. The number of anilines is 1. The van der Waals surface area contributed by atoms with Crippen LogP contribution in [0.5, 0.6) is 5.75 Å². The minimum absolute atomic E-state index is 0.0397. The van der Waals surface area contributed by atoms with Crippen LogP contribution in [-0.4, -0.2) is 29.8 Å². The maximum atomic E-state index is 12.1. The number of carboxylic acid groups (broad SMARTS) is 1. The SMILES string of the molecule is COc1ccc(NC(=O)NC2(CC(=O)O)CCC2)c(C)c1. The average Bonchev–Trinajstić information content (AvgIpc) is 2.38. The van der Waals surface area contributed by atoms with Crippen molar-refractivity contribution in [2.24, 2.45) is 0 Å². The van der Waals surface area contributed by atoms with Crippen LogP contribution in [0.1, 0.15) is 31.2 Å². The monoisotopic (exact) mass is 292 g/mol. The van der Waals surface area contributed by atoms with Crippen molar-refractivity contribution >= 4 is 17.7 Å². The maximum Gasteiger partial charge on any atom is 0.319 e. The molecule has 0 atom stereocenters. The summed E-state index contributed by atoms with van der Waals surface area (Å²) in [5.41, 5.74) is 0.958. The molecule has 2 rings (SSSR count). The van der Waals surface area contributed by atoms with E-state index in [1.165, 1.54) is 0 Å². The fraction of sp³-hybridized carbons (Fsp3) is 0.467. The van der Waals surface area contributed by atoms with Crippen LogP contribution in [0.25, 0.3) is 0 Å². The molecule has 0 heterocycles. The van der Waals surface area contributed by atoms with Crippen molar-refractivity contribution in [3.05, 3.63) is 23.8 Å². The van der Waals surface area contributed by atoms with Crippen molar-refractivity contribution in [1.29, 1.82) is 0 Å². The lowest BCUT2D eigenvalue weighted by molar-refractivity contribution is -0.139. The van der Waals surface area contributed by atoms with Crippen molar-refractivity contribution < 1.29 is 19.4 Å². The minimum atomic E-state index is -0.893. The van der Waals surface area contributed by atoms with Crippen LogP contribution < -0.4 is 15.4 Å². The fourth-order valence-corrected chi connectivity index (χ4v) is 2.54. The van der Waals surface area contributed by atoms with Crippen molar-refractivity contribution in [3.8, 4) is 5.75 Å². The van der Waals surface area contributed by atoms with E-state index < -0.39 is 11.5 Å². The first-order valence-corrected chi connectivity index (χ1v) is 6.90. The van der Waals surface area contributed by atoms with Gasteiger partial charge in [0.05, 0.1) is 19.1 Å². The van der Waals surface area contributed by atoms with E-state index in [1.807, 2.05) is 13.0 Å². The van der Waals surface area contributed by atoms with Crippen molar-refractivity contribution in [2.45, 2.75) is 38.1 Å². The van der Waals surface area contributed by atoms with Gasteiger partial charge in [-0.25, -0.2) is 4.79 Å². The Morgan fingerprint density at radius 1 is 1.38 bits per heavy atom. The highest BCUT2D eigenvalue weighted by Gasteiger charge is 2.40. The molecule has 0 aromatic heterocycles. The number of hydrogen-bond donors (Lipinski definition) is 3. The lowest BCUT2D eigenvalue weighted by atomic mass is 9.74. The van der Waals surface area contributed by atoms with Crippen LogP contribution in [0, 0.1) is 6.92 Å². The molecule has 1 aromatic carbocycles. The first-order chi connectivity index (χ1) is 9.94. The molecule has 114 valence electrons. The molecule has 0 unspecified atom stereocenters. The standard InChI is InChI=1S/C15H20N2O4/c1-10-8-11(21-2)4-5-12(10)16-14(20)17-15(6-3-7-15)9-13(18)19/h4-5,8H,3,6-7,9H2,1-2H3,(H,18,19)(H2,16,17,20). The Balaban J connectivity index is 2.00. The largest absolute Gasteiger partial charge is 0.497 e. The lowest BCUT2D eigenvalue weighted by Gasteiger charge is -2.41. The summed E-state index contributed by atoms with van der Waals surface area (Å²) < 4.78 is 5.11. The molecule has 6 heteroatoms. The summed E-state index contributed by atoms with van der Waals surface area (Å²) in [5.74, 6) is -0.171. The Labute approximate surface area is 123 Å². The zero-order valence-corrected chi connectivity index (χ0v) is 12.2. The highest BCUT2D eigenvalue weighted by atomic mass is 16.5. The van der Waals surface area contributed by atoms with Crippen LogP contribution in [0.3, 0.4) is 0 Å². The van der Waals surface area contributed by atoms with Gasteiger partial charge in [-0.3, -0.25) is 4.79 Å². The molecule has 0 aliphatic heterocycles. The number of carboxylic acids is 1. The van der Waals surface area contributed by atoms with Crippen LogP contribution in [0.15, 0.2) is 18.2 Å². The highest BCUT2D eigenvalue weighted by Crippen LogP contribution is 2.35. The van der Waals surface area contributed by atoms with E-state index in [2.05, 4.69) is 10.6 Å². The number of benzene rings is 1. The molecule has 1 aliphatic carbocycles. The van der Waals surface area contributed by atoms with Gasteiger partial charge in [-0.2, -0.15) is 0 Å². The van der Waals surface area contributed by atoms with Crippen LogP contribution in [0.2, 0.25) is 0 Å². The molecule has 3 N–H and O–H groups in total. The summed E-state index contributed by atoms with van der Waals surface area (Å²) in [7, 11) is 1.58. The third-order valence-corrected chi connectivity index (χ3v) is 3.86. The summed E-state index contributed by atoms with van der Waals surface area (Å²) in [6, 6.07) is 4.98. The van der Waals surface area contributed by atoms with Crippen molar-refractivity contribution in [1.82, 2.24) is 5.32 Å². The number of urea groups is 1. The second-order valence-electron chi connectivity index (χ2n) is 5.46. The predicted octanol–water partition coefficient (Wildman–Crippen LogP) is 2.52. The average molecular weight is 292 g/mol. The predicted molar refractivity (Wildman–Crippen MR) is 78.7 cm³/mol. The third kappa shape index (κ3) is 3.65. The van der Waals surface area contributed by atoms with Gasteiger partial charge < -0.3 is 20.5 Å². The van der Waals surface area contributed by atoms with Gasteiger partial charge in [-0.05, 0) is 49.9 Å². The number of rotatable bonds is 5. The zero-order valence-electron chi connectivity index (χ0n) is 12.2. The van der Waals surface area contributed by atoms with Crippen molar-refractivity contribution in [3.63, 3.8) is 0 Å². The number of carbonyl (C=O) groups excluding carboxylic acids is 1. The Morgan fingerprint density at radius 3 is 2.57 bits per heavy atom. The molecule has 1 aromatic rings. The molecule has 1 aliphatic rings. The van der Waals surface area contributed by atoms with E-state index in [9.17, 15) is 9.59 Å². The Morgan fingerprint density at radius 2 is 2.10 bits per heavy atom. The minimum Gasteiger partial charge on any atom is -0.497 e. The number of hydrogen-bond acceptors (Lipinski definition) is 3. The Kier molecular flexibility index (Phi) is 4.35. The fourth-order valence-electron chi connectivity index (χ4n) is 2.54. The number of ether oxygens (including phenoxy) is 1. The molecule has 1 saturated carbocycles. The van der Waals surface area contributed by atoms with Gasteiger partial charge in [-0.1, -0.05) is 0 Å². The van der Waals surface area contributed by atoms with E-state index in [-0.39, 0.29) is 12.5 Å². The molecule has 21 heavy (non-hydrogen) atoms. The topological polar surface area (TPSA) is 87.7 Å². The summed E-state index contributed by atoms with van der Waals surface area (Å²) in [6.07, 6.45) is 2.31. The molecule has 2 amide bonds. The number of nitrogens with one attached hydrogen (secondary N) is 2. The summed E-state index contributed by atoms with van der Waals surface area (Å²) >= 11 is 0. The van der Waals surface area contributed by atoms with Crippen molar-refractivity contribution in [2.75, 3.05) is 12.4 Å². The van der Waals surface area contributed by atoms with E-state index >= 15 is 0 Å². The maximum absolute atomic E-state index is 12.1. The molecule has 0 bridgehead atoms. The smallest absolute Gasteiger partial charge is 0.319 e. The van der Waals surface area contributed by atoms with Crippen LogP contribution >= 0.6 is 0 Å². The number of aliphatic carboxylic acids is 1. The second kappa shape index (κ2) is 6.03. The van der Waals surface area contributed by atoms with Gasteiger partial charge in [0.15, 0.2) is 0 Å². The molecular formula is C15H20N2O4. The van der Waals surface area contributed by atoms with E-state index in [4.69, 9.17) is 9.84 Å². The number of carbonyl (C=O) groups is 2. The number of aryl methyl sites for hydroxylation is 1. The van der Waals surface area contributed by atoms with Gasteiger partial charge in [-0.15, -0.1) is 0 Å². The van der Waals surface area contributed by atoms with Gasteiger partial charge in [0.25, 0.3) is 0 Å². The molecule has 0 saturated heterocycles. The number of amides is 2. The quantitative estimate of drug-likeness (QED) is 0.778. The van der Waals surface area contributed by atoms with Gasteiger partial charge in [0.1, 0.15) is 5.75 Å². The van der Waals surface area contributed by atoms with Gasteiger partial charge >= 0.3 is 12.0 Å². The molecule has 1 fully saturated rings. The summed E-state index contributed by atoms with van der Waals surface area (Å²) in [6.45, 7) is 1.87. The summed E-state index contributed by atoms with van der Waals surface area (Å²) in [4.78, 5) is 22.9. The first-order valence-electron chi connectivity index (χ1n) is 6.90. The van der Waals surface area contributed by atoms with E-state index in [0.717, 1.165) is 17.7 Å². The highest BCUT2D eigenvalue weighted by molar-refractivity contribution is 5.91. The lowest BCUT2D eigenvalue weighted by Crippen LogP contribution is -2.55. The van der Waals surface area contributed by atoms with Crippen LogP contribution in [-0.2, 0) is 4.79 Å². The first kappa shape index (κ1) is 15.2. The molecular weight excluding hydrogens is 272 g/mol. The third-order valence-electron chi connectivity index (χ3n) is 3.86. The van der Waals surface area contributed by atoms with E-state index in [1.54, 1.807) is 19.2 Å². The second-order valence-corrected chi connectivity index (χ2v) is 5.46. The molecule has 6 nitrogen and oxygen atoms in total.